The van der Waals surface area contributed by atoms with Crippen molar-refractivity contribution in [1.29, 1.82) is 0 Å². The highest BCUT2D eigenvalue weighted by molar-refractivity contribution is 6.73. The van der Waals surface area contributed by atoms with Gasteiger partial charge in [-0.2, -0.15) is 0 Å². The molecule has 0 amide bonds. The molecule has 2 aliphatic heterocycles. The van der Waals surface area contributed by atoms with Crippen LogP contribution < -0.4 is 0 Å². The van der Waals surface area contributed by atoms with Crippen LogP contribution >= 0.6 is 0 Å². The first kappa shape index (κ1) is 23.6. The van der Waals surface area contributed by atoms with Gasteiger partial charge >= 0.3 is 8.56 Å². The Balaban J connectivity index is 1.50. The number of fused-ring (bicyclic) bond motifs is 2. The molecule has 0 radical (unpaired) electrons. The molecule has 174 valence electrons. The van der Waals surface area contributed by atoms with Gasteiger partial charge in [-0.25, -0.2) is 0 Å². The monoisotopic (exact) mass is 454 g/mol. The van der Waals surface area contributed by atoms with E-state index in [-0.39, 0.29) is 34.5 Å². The standard InChI is InChI=1S/C27H38O4Si/c1-8-22-23(28-17-19-13-14-20-11-9-10-12-21(20)15-19)16-24-25(30-22)18-29-32(31-24,26(2,3)4)27(5,6)7/h8-15,22-25H,1,16-18H2,2-7H3/t22-,23+,24-,25+/m0/s1. The van der Waals surface area contributed by atoms with Crippen molar-refractivity contribution in [1.82, 2.24) is 0 Å². The van der Waals surface area contributed by atoms with Gasteiger partial charge in [0.05, 0.1) is 25.4 Å². The van der Waals surface area contributed by atoms with Crippen LogP contribution in [0.4, 0.5) is 0 Å². The zero-order valence-corrected chi connectivity index (χ0v) is 21.4. The molecule has 0 aliphatic carbocycles. The first-order valence-corrected chi connectivity index (χ1v) is 13.5. The van der Waals surface area contributed by atoms with Crippen molar-refractivity contribution in [2.75, 3.05) is 6.61 Å². The van der Waals surface area contributed by atoms with Crippen molar-refractivity contribution >= 4 is 19.3 Å². The van der Waals surface area contributed by atoms with E-state index < -0.39 is 8.56 Å². The third-order valence-electron chi connectivity index (χ3n) is 6.83. The molecule has 4 rings (SSSR count). The van der Waals surface area contributed by atoms with Crippen LogP contribution in [0.1, 0.15) is 53.5 Å². The van der Waals surface area contributed by atoms with Gasteiger partial charge in [-0.05, 0) is 22.4 Å². The molecule has 32 heavy (non-hydrogen) atoms. The molecule has 0 saturated carbocycles. The Hall–Kier alpha value is -1.50. The van der Waals surface area contributed by atoms with E-state index in [2.05, 4.69) is 90.6 Å². The summed E-state index contributed by atoms with van der Waals surface area (Å²) in [5, 5.41) is 2.37. The lowest BCUT2D eigenvalue weighted by Gasteiger charge is -2.56. The third-order valence-corrected chi connectivity index (χ3v) is 12.0. The lowest BCUT2D eigenvalue weighted by atomic mass is 9.98. The zero-order chi connectivity index (χ0) is 23.1. The van der Waals surface area contributed by atoms with Crippen LogP contribution in [0.25, 0.3) is 10.8 Å². The van der Waals surface area contributed by atoms with Gasteiger partial charge in [-0.3, -0.25) is 0 Å². The maximum Gasteiger partial charge on any atom is 0.349 e. The van der Waals surface area contributed by atoms with Crippen LogP contribution in [0.5, 0.6) is 0 Å². The van der Waals surface area contributed by atoms with E-state index in [9.17, 15) is 0 Å². The maximum atomic E-state index is 6.92. The number of hydrogen-bond donors (Lipinski definition) is 0. The van der Waals surface area contributed by atoms with Crippen molar-refractivity contribution in [3.8, 4) is 0 Å². The fourth-order valence-electron chi connectivity index (χ4n) is 5.42. The first-order valence-electron chi connectivity index (χ1n) is 11.7. The van der Waals surface area contributed by atoms with Crippen molar-refractivity contribution in [3.05, 3.63) is 60.7 Å². The minimum Gasteiger partial charge on any atom is -0.391 e. The number of ether oxygens (including phenoxy) is 2. The minimum absolute atomic E-state index is 0.0216. The van der Waals surface area contributed by atoms with Gasteiger partial charge < -0.3 is 18.3 Å². The molecule has 2 heterocycles. The van der Waals surface area contributed by atoms with Crippen molar-refractivity contribution in [3.63, 3.8) is 0 Å². The molecule has 0 bridgehead atoms. The van der Waals surface area contributed by atoms with Gasteiger partial charge in [-0.15, -0.1) is 6.58 Å². The molecular formula is C27H38O4Si. The van der Waals surface area contributed by atoms with E-state index in [1.807, 2.05) is 6.08 Å². The normalized spacial score (nSPS) is 28.3. The summed E-state index contributed by atoms with van der Waals surface area (Å²) >= 11 is 0. The highest BCUT2D eigenvalue weighted by Gasteiger charge is 2.62. The zero-order valence-electron chi connectivity index (χ0n) is 20.4. The highest BCUT2D eigenvalue weighted by Crippen LogP contribution is 2.55. The van der Waals surface area contributed by atoms with Gasteiger partial charge in [0.15, 0.2) is 0 Å². The summed E-state index contributed by atoms with van der Waals surface area (Å²) in [5.41, 5.74) is 1.16. The Morgan fingerprint density at radius 1 is 1.00 bits per heavy atom. The Bertz CT molecular complexity index is 944. The fraction of sp³-hybridized carbons (Fsp3) is 0.556. The molecule has 2 aliphatic rings. The molecule has 2 aromatic carbocycles. The van der Waals surface area contributed by atoms with Gasteiger partial charge in [0.1, 0.15) is 12.2 Å². The van der Waals surface area contributed by atoms with Crippen LogP contribution in [-0.2, 0) is 24.9 Å². The van der Waals surface area contributed by atoms with Gasteiger partial charge in [0.25, 0.3) is 0 Å². The summed E-state index contributed by atoms with van der Waals surface area (Å²) in [7, 11) is -2.53. The molecule has 0 spiro atoms. The summed E-state index contributed by atoms with van der Waals surface area (Å²) in [6, 6.07) is 14.9. The molecule has 0 N–H and O–H groups in total. The molecule has 2 fully saturated rings. The highest BCUT2D eigenvalue weighted by atomic mass is 28.4. The Kier molecular flexibility index (Phi) is 6.42. The van der Waals surface area contributed by atoms with E-state index >= 15 is 0 Å². The second-order valence-electron chi connectivity index (χ2n) is 11.2. The van der Waals surface area contributed by atoms with Gasteiger partial charge in [-0.1, -0.05) is 84.0 Å². The van der Waals surface area contributed by atoms with E-state index in [4.69, 9.17) is 18.3 Å². The Labute approximate surface area is 194 Å². The summed E-state index contributed by atoms with van der Waals surface area (Å²) in [6.07, 6.45) is 2.29. The van der Waals surface area contributed by atoms with E-state index in [1.54, 1.807) is 0 Å². The average molecular weight is 455 g/mol. The average Bonchev–Trinajstić information content (AvgIpc) is 2.74. The Morgan fingerprint density at radius 2 is 1.69 bits per heavy atom. The summed E-state index contributed by atoms with van der Waals surface area (Å²) < 4.78 is 26.3. The SMILES string of the molecule is C=C[C@@H]1O[C@@H]2CO[Si](C(C)(C)C)(C(C)(C)C)O[C@H]2C[C@H]1OCc1ccc2ccccc2c1. The number of hydrogen-bond acceptors (Lipinski definition) is 4. The van der Waals surface area contributed by atoms with Crippen molar-refractivity contribution in [2.45, 2.75) is 89.1 Å². The maximum absolute atomic E-state index is 6.92. The lowest BCUT2D eigenvalue weighted by molar-refractivity contribution is -0.199. The van der Waals surface area contributed by atoms with Gasteiger partial charge in [0, 0.05) is 16.5 Å². The predicted octanol–water partition coefficient (Wildman–Crippen LogP) is 6.53. The molecule has 2 saturated heterocycles. The number of benzene rings is 2. The van der Waals surface area contributed by atoms with Crippen molar-refractivity contribution < 1.29 is 18.3 Å². The largest absolute Gasteiger partial charge is 0.391 e. The van der Waals surface area contributed by atoms with Crippen LogP contribution in [0.2, 0.25) is 10.1 Å². The third kappa shape index (κ3) is 4.34. The molecule has 0 aromatic heterocycles. The quantitative estimate of drug-likeness (QED) is 0.389. The first-order chi connectivity index (χ1) is 15.0. The van der Waals surface area contributed by atoms with Crippen LogP contribution in [0.15, 0.2) is 55.1 Å². The van der Waals surface area contributed by atoms with Crippen LogP contribution in [-0.4, -0.2) is 39.6 Å². The molecular weight excluding hydrogens is 416 g/mol. The van der Waals surface area contributed by atoms with E-state index in [0.29, 0.717) is 13.2 Å². The van der Waals surface area contributed by atoms with E-state index in [1.165, 1.54) is 10.8 Å². The summed E-state index contributed by atoms with van der Waals surface area (Å²) in [5.74, 6) is 0. The van der Waals surface area contributed by atoms with E-state index in [0.717, 1.165) is 12.0 Å². The summed E-state index contributed by atoms with van der Waals surface area (Å²) in [4.78, 5) is 0. The van der Waals surface area contributed by atoms with Crippen molar-refractivity contribution in [2.24, 2.45) is 0 Å². The topological polar surface area (TPSA) is 36.9 Å². The summed E-state index contributed by atoms with van der Waals surface area (Å²) in [6.45, 7) is 18.6. The number of rotatable bonds is 4. The molecule has 2 aromatic rings. The predicted molar refractivity (Wildman–Crippen MR) is 132 cm³/mol. The van der Waals surface area contributed by atoms with Crippen LogP contribution in [0, 0.1) is 0 Å². The Morgan fingerprint density at radius 3 is 2.34 bits per heavy atom. The fourth-order valence-corrected chi connectivity index (χ4v) is 10.4. The second-order valence-corrected chi connectivity index (χ2v) is 16.0. The lowest BCUT2D eigenvalue weighted by Crippen LogP contribution is -2.67. The minimum atomic E-state index is -2.53. The molecule has 5 heteroatoms. The molecule has 4 atom stereocenters. The molecule has 0 unspecified atom stereocenters. The second kappa shape index (κ2) is 8.69. The van der Waals surface area contributed by atoms with Crippen LogP contribution in [0.3, 0.4) is 0 Å². The molecule has 4 nitrogen and oxygen atoms in total. The van der Waals surface area contributed by atoms with Gasteiger partial charge in [0.2, 0.25) is 0 Å². The smallest absolute Gasteiger partial charge is 0.349 e.